The summed E-state index contributed by atoms with van der Waals surface area (Å²) >= 11 is 6.37. The van der Waals surface area contributed by atoms with Crippen LogP contribution in [0.25, 0.3) is 28.2 Å². The second-order valence-corrected chi connectivity index (χ2v) is 11.6. The van der Waals surface area contributed by atoms with E-state index in [0.29, 0.717) is 58.9 Å². The van der Waals surface area contributed by atoms with Gasteiger partial charge in [0.1, 0.15) is 0 Å². The zero-order valence-electron chi connectivity index (χ0n) is 22.3. The van der Waals surface area contributed by atoms with Gasteiger partial charge in [-0.1, -0.05) is 23.7 Å². The lowest BCUT2D eigenvalue weighted by Crippen LogP contribution is -2.32. The number of carbonyl (C=O) groups is 1. The summed E-state index contributed by atoms with van der Waals surface area (Å²) in [5.74, 6) is -3.21. The first kappa shape index (κ1) is 26.6. The van der Waals surface area contributed by atoms with Crippen LogP contribution < -0.4 is 5.69 Å². The van der Waals surface area contributed by atoms with Crippen LogP contribution in [0.5, 0.6) is 0 Å². The van der Waals surface area contributed by atoms with Gasteiger partial charge < -0.3 is 9.52 Å². The molecule has 2 aliphatic rings. The van der Waals surface area contributed by atoms with Crippen molar-refractivity contribution in [1.29, 1.82) is 0 Å². The summed E-state index contributed by atoms with van der Waals surface area (Å²) in [5, 5.41) is 18.3. The van der Waals surface area contributed by atoms with E-state index in [1.54, 1.807) is 57.7 Å². The minimum Gasteiger partial charge on any atom is -0.478 e. The van der Waals surface area contributed by atoms with Crippen molar-refractivity contribution in [2.24, 2.45) is 0 Å². The lowest BCUT2D eigenvalue weighted by molar-refractivity contribution is -0.0398. The van der Waals surface area contributed by atoms with Crippen LogP contribution in [-0.2, 0) is 5.54 Å². The van der Waals surface area contributed by atoms with Crippen molar-refractivity contribution in [2.45, 2.75) is 55.9 Å². The smallest absolute Gasteiger partial charge is 0.335 e. The first-order valence-corrected chi connectivity index (χ1v) is 14.1. The molecule has 7 rings (SSSR count). The number of carboxylic acids is 1. The third-order valence-corrected chi connectivity index (χ3v) is 8.71. The first-order valence-electron chi connectivity index (χ1n) is 13.7. The van der Waals surface area contributed by atoms with Crippen molar-refractivity contribution in [3.63, 3.8) is 0 Å². The number of carboxylic acid groups (broad SMARTS) is 1. The van der Waals surface area contributed by atoms with Gasteiger partial charge in [-0.2, -0.15) is 0 Å². The lowest BCUT2D eigenvalue weighted by atomic mass is 9.87. The fraction of sp³-hybridized carbons (Fsp3) is 0.290. The molecular formula is C31H25ClF2N4O4. The van der Waals surface area contributed by atoms with Crippen molar-refractivity contribution >= 4 is 28.6 Å². The number of benzene rings is 3. The molecule has 0 unspecified atom stereocenters. The van der Waals surface area contributed by atoms with Crippen molar-refractivity contribution in [3.8, 4) is 17.1 Å². The van der Waals surface area contributed by atoms with Crippen LogP contribution in [0.15, 0.2) is 75.9 Å². The molecule has 11 heteroatoms. The minimum atomic E-state index is -2.64. The fourth-order valence-corrected chi connectivity index (χ4v) is 6.26. The van der Waals surface area contributed by atoms with E-state index in [1.165, 1.54) is 6.07 Å². The normalized spacial score (nSPS) is 17.9. The molecule has 5 aromatic rings. The highest BCUT2D eigenvalue weighted by Gasteiger charge is 2.49. The van der Waals surface area contributed by atoms with Crippen LogP contribution in [0.4, 0.5) is 8.78 Å². The maximum absolute atomic E-state index is 14.1. The van der Waals surface area contributed by atoms with Gasteiger partial charge in [0.25, 0.3) is 0 Å². The Kier molecular flexibility index (Phi) is 6.09. The Morgan fingerprint density at radius 3 is 2.38 bits per heavy atom. The molecule has 0 atom stereocenters. The number of fused-ring (bicyclic) bond motifs is 1. The topological polar surface area (TPSA) is 103 Å². The van der Waals surface area contributed by atoms with Gasteiger partial charge in [-0.05, 0) is 85.8 Å². The molecule has 42 heavy (non-hydrogen) atoms. The minimum absolute atomic E-state index is 0.166. The highest BCUT2D eigenvalue weighted by atomic mass is 35.5. The van der Waals surface area contributed by atoms with Crippen LogP contribution in [0, 0.1) is 0 Å². The molecule has 2 saturated carbocycles. The molecule has 0 aliphatic heterocycles. The lowest BCUT2D eigenvalue weighted by Gasteiger charge is -2.25. The molecule has 0 saturated heterocycles. The molecule has 3 aromatic carbocycles. The fourth-order valence-electron chi connectivity index (χ4n) is 6.09. The Bertz CT molecular complexity index is 1900. The second kappa shape index (κ2) is 9.62. The highest BCUT2D eigenvalue weighted by Crippen LogP contribution is 2.50. The van der Waals surface area contributed by atoms with Crippen LogP contribution >= 0.6 is 11.6 Å². The molecule has 2 aromatic heterocycles. The van der Waals surface area contributed by atoms with E-state index >= 15 is 0 Å². The molecule has 1 N–H and O–H groups in total. The van der Waals surface area contributed by atoms with Gasteiger partial charge in [-0.15, -0.1) is 10.2 Å². The van der Waals surface area contributed by atoms with E-state index in [-0.39, 0.29) is 35.9 Å². The average molecular weight is 591 g/mol. The Hall–Kier alpha value is -4.31. The van der Waals surface area contributed by atoms with Gasteiger partial charge in [0.05, 0.1) is 27.8 Å². The van der Waals surface area contributed by atoms with Crippen molar-refractivity contribution in [2.75, 3.05) is 0 Å². The van der Waals surface area contributed by atoms with E-state index in [0.717, 1.165) is 5.56 Å². The van der Waals surface area contributed by atoms with Gasteiger partial charge in [-0.25, -0.2) is 18.4 Å². The highest BCUT2D eigenvalue weighted by molar-refractivity contribution is 6.31. The van der Waals surface area contributed by atoms with E-state index in [1.807, 2.05) is 12.1 Å². The summed E-state index contributed by atoms with van der Waals surface area (Å²) < 4.78 is 36.3. The Morgan fingerprint density at radius 2 is 1.69 bits per heavy atom. The molecular weight excluding hydrogens is 566 g/mol. The van der Waals surface area contributed by atoms with E-state index < -0.39 is 17.4 Å². The van der Waals surface area contributed by atoms with Crippen LogP contribution in [0.3, 0.4) is 0 Å². The maximum atomic E-state index is 14.1. The molecule has 8 nitrogen and oxygen atoms in total. The SMILES string of the molecule is O=C(O)c1cccc(C2(n3c(=O)n(-c4ccc(-c5nnc(C6CCC(F)(F)CC6)o5)cc4)c4cc(Cl)ccc43)CC2)c1. The number of halogens is 3. The molecule has 2 heterocycles. The predicted octanol–water partition coefficient (Wildman–Crippen LogP) is 7.02. The van der Waals surface area contributed by atoms with Gasteiger partial charge >= 0.3 is 11.7 Å². The van der Waals surface area contributed by atoms with E-state index in [4.69, 9.17) is 16.0 Å². The largest absolute Gasteiger partial charge is 0.478 e. The molecule has 0 bridgehead atoms. The Balaban J connectivity index is 1.26. The molecule has 0 amide bonds. The molecule has 2 aliphatic carbocycles. The zero-order valence-corrected chi connectivity index (χ0v) is 23.0. The third kappa shape index (κ3) is 4.41. The number of alkyl halides is 2. The average Bonchev–Trinajstić information content (AvgIpc) is 3.52. The van der Waals surface area contributed by atoms with Gasteiger partial charge in [-0.3, -0.25) is 9.13 Å². The monoisotopic (exact) mass is 590 g/mol. The number of nitrogens with zero attached hydrogens (tertiary/aromatic N) is 4. The number of hydrogen-bond donors (Lipinski definition) is 1. The number of aromatic carboxylic acids is 1. The Labute approximate surface area is 243 Å². The van der Waals surface area contributed by atoms with Gasteiger partial charge in [0.15, 0.2) is 0 Å². The number of aromatic nitrogens is 4. The molecule has 0 radical (unpaired) electrons. The van der Waals surface area contributed by atoms with Gasteiger partial charge in [0.2, 0.25) is 17.7 Å². The Morgan fingerprint density at radius 1 is 0.952 bits per heavy atom. The number of imidazole rings is 1. The quantitative estimate of drug-likeness (QED) is 0.228. The molecule has 0 spiro atoms. The summed E-state index contributed by atoms with van der Waals surface area (Å²) in [4.78, 5) is 25.8. The van der Waals surface area contributed by atoms with Crippen LogP contribution in [0.1, 0.15) is 66.3 Å². The van der Waals surface area contributed by atoms with Crippen LogP contribution in [0.2, 0.25) is 5.02 Å². The maximum Gasteiger partial charge on any atom is 0.335 e. The molecule has 2 fully saturated rings. The van der Waals surface area contributed by atoms with Crippen molar-refractivity contribution in [1.82, 2.24) is 19.3 Å². The summed E-state index contributed by atoms with van der Waals surface area (Å²) in [6, 6.07) is 19.1. The standard InChI is InChI=1S/C31H25ClF2N4O4/c32-22-6-9-24-25(17-22)37(29(41)38(24)30(14-15-30)21-3-1-2-20(16-21)28(39)40)23-7-4-18(5-8-23)26-35-36-27(42-26)19-10-12-31(33,34)13-11-19/h1-9,16-17,19H,10-15H2,(H,39,40). The zero-order chi connectivity index (χ0) is 29.2. The third-order valence-electron chi connectivity index (χ3n) is 8.48. The summed E-state index contributed by atoms with van der Waals surface area (Å²) in [6.07, 6.45) is 1.59. The van der Waals surface area contributed by atoms with Gasteiger partial charge in [0, 0.05) is 29.3 Å². The summed E-state index contributed by atoms with van der Waals surface area (Å²) in [6.45, 7) is 0. The summed E-state index contributed by atoms with van der Waals surface area (Å²) in [7, 11) is 0. The van der Waals surface area contributed by atoms with E-state index in [9.17, 15) is 23.5 Å². The number of hydrogen-bond acceptors (Lipinski definition) is 5. The second-order valence-electron chi connectivity index (χ2n) is 11.1. The first-order chi connectivity index (χ1) is 20.1. The predicted molar refractivity (Wildman–Crippen MR) is 152 cm³/mol. The number of rotatable bonds is 6. The molecule has 214 valence electrons. The summed E-state index contributed by atoms with van der Waals surface area (Å²) in [5.41, 5.74) is 2.54. The van der Waals surface area contributed by atoms with Crippen molar-refractivity contribution in [3.05, 3.63) is 99.3 Å². The van der Waals surface area contributed by atoms with Crippen molar-refractivity contribution < 1.29 is 23.1 Å². The van der Waals surface area contributed by atoms with Crippen LogP contribution in [-0.4, -0.2) is 36.3 Å². The van der Waals surface area contributed by atoms with E-state index in [2.05, 4.69) is 10.2 Å².